The molecule has 4 rings (SSSR count). The predicted octanol–water partition coefficient (Wildman–Crippen LogP) is 5.28. The Morgan fingerprint density at radius 3 is 2.58 bits per heavy atom. The summed E-state index contributed by atoms with van der Waals surface area (Å²) in [4.78, 5) is 11.1. The average Bonchev–Trinajstić information content (AvgIpc) is 3.10. The highest BCUT2D eigenvalue weighted by Crippen LogP contribution is 2.53. The molecule has 1 aliphatic carbocycles. The highest BCUT2D eigenvalue weighted by molar-refractivity contribution is 5.87. The zero-order valence-corrected chi connectivity index (χ0v) is 14.6. The lowest BCUT2D eigenvalue weighted by molar-refractivity contribution is 0.0695. The first kappa shape index (κ1) is 17.0. The summed E-state index contributed by atoms with van der Waals surface area (Å²) in [5.74, 6) is -2.53. The number of benzene rings is 2. The number of anilines is 1. The standard InChI is InChI=1S/C21H21F2NO2/c1-2-11-6-7-18-15(8-11)13-4-3-5-14(13)20(24-18)19-16(22)9-12(21(25)26)10-17(19)23/h6-10,13-14,20,24H,2-5H2,1H3,(H,25,26)/t13-,14+,20-/m1/s1. The minimum atomic E-state index is -1.33. The number of halogens is 2. The Balaban J connectivity index is 1.80. The molecule has 1 fully saturated rings. The van der Waals surface area contributed by atoms with Crippen molar-refractivity contribution >= 4 is 11.7 Å². The van der Waals surface area contributed by atoms with Crippen LogP contribution in [0.4, 0.5) is 14.5 Å². The fourth-order valence-electron chi connectivity index (χ4n) is 4.61. The molecule has 2 aliphatic rings. The van der Waals surface area contributed by atoms with E-state index in [1.807, 2.05) is 12.1 Å². The lowest BCUT2D eigenvalue weighted by Crippen LogP contribution is -2.30. The number of carboxylic acid groups (broad SMARTS) is 1. The largest absolute Gasteiger partial charge is 0.478 e. The Labute approximate surface area is 151 Å². The van der Waals surface area contributed by atoms with Crippen molar-refractivity contribution in [3.05, 3.63) is 64.2 Å². The molecule has 2 aromatic carbocycles. The van der Waals surface area contributed by atoms with Crippen molar-refractivity contribution in [3.63, 3.8) is 0 Å². The van der Waals surface area contributed by atoms with Crippen molar-refractivity contribution in [1.29, 1.82) is 0 Å². The lowest BCUT2D eigenvalue weighted by atomic mass is 9.76. The first-order chi connectivity index (χ1) is 12.5. The molecule has 0 radical (unpaired) electrons. The third kappa shape index (κ3) is 2.66. The first-order valence-corrected chi connectivity index (χ1v) is 9.11. The Morgan fingerprint density at radius 1 is 1.19 bits per heavy atom. The molecule has 1 saturated carbocycles. The molecule has 0 saturated heterocycles. The quantitative estimate of drug-likeness (QED) is 0.786. The van der Waals surface area contributed by atoms with E-state index in [-0.39, 0.29) is 23.0 Å². The summed E-state index contributed by atoms with van der Waals surface area (Å²) in [7, 11) is 0. The van der Waals surface area contributed by atoms with E-state index < -0.39 is 23.6 Å². The molecule has 26 heavy (non-hydrogen) atoms. The van der Waals surface area contributed by atoms with E-state index >= 15 is 0 Å². The Bertz CT molecular complexity index is 857. The van der Waals surface area contributed by atoms with Crippen LogP contribution in [0.5, 0.6) is 0 Å². The molecule has 0 spiro atoms. The number of hydrogen-bond donors (Lipinski definition) is 2. The number of nitrogens with one attached hydrogen (secondary N) is 1. The van der Waals surface area contributed by atoms with Gasteiger partial charge in [-0.1, -0.05) is 25.5 Å². The number of carboxylic acids is 1. The van der Waals surface area contributed by atoms with Crippen molar-refractivity contribution in [2.24, 2.45) is 5.92 Å². The van der Waals surface area contributed by atoms with Gasteiger partial charge >= 0.3 is 5.97 Å². The normalized spacial score (nSPS) is 23.9. The zero-order chi connectivity index (χ0) is 18.4. The van der Waals surface area contributed by atoms with Crippen LogP contribution in [0.15, 0.2) is 30.3 Å². The first-order valence-electron chi connectivity index (χ1n) is 9.11. The monoisotopic (exact) mass is 357 g/mol. The molecule has 2 aromatic rings. The summed E-state index contributed by atoms with van der Waals surface area (Å²) in [5.41, 5.74) is 3.02. The van der Waals surface area contributed by atoms with E-state index in [1.165, 1.54) is 11.1 Å². The van der Waals surface area contributed by atoms with Crippen LogP contribution in [0.25, 0.3) is 0 Å². The summed E-state index contributed by atoms with van der Waals surface area (Å²) in [6, 6.07) is 7.60. The van der Waals surface area contributed by atoms with Gasteiger partial charge in [0.1, 0.15) is 11.6 Å². The fraction of sp³-hybridized carbons (Fsp3) is 0.381. The van der Waals surface area contributed by atoms with Crippen LogP contribution in [-0.2, 0) is 6.42 Å². The van der Waals surface area contributed by atoms with Crippen LogP contribution >= 0.6 is 0 Å². The highest BCUT2D eigenvalue weighted by Gasteiger charge is 2.42. The van der Waals surface area contributed by atoms with Gasteiger partial charge < -0.3 is 10.4 Å². The molecule has 0 bridgehead atoms. The number of carbonyl (C=O) groups is 1. The zero-order valence-electron chi connectivity index (χ0n) is 14.6. The number of fused-ring (bicyclic) bond motifs is 3. The van der Waals surface area contributed by atoms with Crippen molar-refractivity contribution in [2.45, 2.75) is 44.6 Å². The van der Waals surface area contributed by atoms with Gasteiger partial charge in [-0.05, 0) is 60.4 Å². The second-order valence-electron chi connectivity index (χ2n) is 7.26. The van der Waals surface area contributed by atoms with Gasteiger partial charge in [-0.25, -0.2) is 13.6 Å². The van der Waals surface area contributed by atoms with Crippen LogP contribution in [0.1, 0.15) is 65.2 Å². The number of aromatic carboxylic acids is 1. The van der Waals surface area contributed by atoms with Gasteiger partial charge in [0.25, 0.3) is 0 Å². The molecule has 0 aromatic heterocycles. The van der Waals surface area contributed by atoms with Crippen LogP contribution in [0.3, 0.4) is 0 Å². The lowest BCUT2D eigenvalue weighted by Gasteiger charge is -2.38. The smallest absolute Gasteiger partial charge is 0.335 e. The molecule has 0 amide bonds. The minimum absolute atomic E-state index is 0.0443. The summed E-state index contributed by atoms with van der Waals surface area (Å²) in [6.45, 7) is 2.11. The SMILES string of the molecule is CCc1ccc2c(c1)[C@@H]1CCC[C@@H]1[C@H](c1c(F)cc(C(=O)O)cc1F)N2. The van der Waals surface area contributed by atoms with Gasteiger partial charge in [-0.3, -0.25) is 0 Å². The molecule has 1 heterocycles. The summed E-state index contributed by atoms with van der Waals surface area (Å²) >= 11 is 0. The topological polar surface area (TPSA) is 49.3 Å². The number of aryl methyl sites for hydroxylation is 1. The van der Waals surface area contributed by atoms with E-state index in [0.29, 0.717) is 0 Å². The predicted molar refractivity (Wildman–Crippen MR) is 95.6 cm³/mol. The molecular formula is C21H21F2NO2. The van der Waals surface area contributed by atoms with E-state index in [4.69, 9.17) is 5.11 Å². The van der Waals surface area contributed by atoms with Gasteiger partial charge in [0.2, 0.25) is 0 Å². The maximum Gasteiger partial charge on any atom is 0.335 e. The third-order valence-corrected chi connectivity index (χ3v) is 5.87. The van der Waals surface area contributed by atoms with E-state index in [0.717, 1.165) is 43.5 Å². The summed E-state index contributed by atoms with van der Waals surface area (Å²) in [5, 5.41) is 12.4. The van der Waals surface area contributed by atoms with Crippen molar-refractivity contribution < 1.29 is 18.7 Å². The molecule has 3 atom stereocenters. The van der Waals surface area contributed by atoms with Crippen LogP contribution < -0.4 is 5.32 Å². The molecular weight excluding hydrogens is 336 g/mol. The van der Waals surface area contributed by atoms with Gasteiger partial charge in [0, 0.05) is 11.3 Å². The minimum Gasteiger partial charge on any atom is -0.478 e. The number of rotatable bonds is 3. The summed E-state index contributed by atoms with van der Waals surface area (Å²) < 4.78 is 29.3. The molecule has 3 nitrogen and oxygen atoms in total. The van der Waals surface area contributed by atoms with Gasteiger partial charge in [-0.2, -0.15) is 0 Å². The Kier molecular flexibility index (Phi) is 4.17. The van der Waals surface area contributed by atoms with E-state index in [1.54, 1.807) is 0 Å². The van der Waals surface area contributed by atoms with Crippen molar-refractivity contribution in [2.75, 3.05) is 5.32 Å². The molecule has 5 heteroatoms. The fourth-order valence-corrected chi connectivity index (χ4v) is 4.61. The van der Waals surface area contributed by atoms with Gasteiger partial charge in [-0.15, -0.1) is 0 Å². The van der Waals surface area contributed by atoms with E-state index in [9.17, 15) is 13.6 Å². The second-order valence-corrected chi connectivity index (χ2v) is 7.26. The van der Waals surface area contributed by atoms with Crippen molar-refractivity contribution in [3.8, 4) is 0 Å². The van der Waals surface area contributed by atoms with Crippen LogP contribution in [0.2, 0.25) is 0 Å². The van der Waals surface area contributed by atoms with E-state index in [2.05, 4.69) is 18.3 Å². The Morgan fingerprint density at radius 2 is 1.92 bits per heavy atom. The second kappa shape index (κ2) is 6.38. The molecule has 1 aliphatic heterocycles. The maximum absolute atomic E-state index is 14.7. The van der Waals surface area contributed by atoms with Crippen molar-refractivity contribution in [1.82, 2.24) is 0 Å². The van der Waals surface area contributed by atoms with Crippen LogP contribution in [-0.4, -0.2) is 11.1 Å². The van der Waals surface area contributed by atoms with Gasteiger partial charge in [0.15, 0.2) is 0 Å². The highest BCUT2D eigenvalue weighted by atomic mass is 19.1. The molecule has 136 valence electrons. The molecule has 0 unspecified atom stereocenters. The van der Waals surface area contributed by atoms with Gasteiger partial charge in [0.05, 0.1) is 11.6 Å². The number of hydrogen-bond acceptors (Lipinski definition) is 2. The Hall–Kier alpha value is -2.43. The maximum atomic E-state index is 14.7. The summed E-state index contributed by atoms with van der Waals surface area (Å²) in [6.07, 6.45) is 3.89. The third-order valence-electron chi connectivity index (χ3n) is 5.87. The average molecular weight is 357 g/mol. The molecule has 2 N–H and O–H groups in total. The van der Waals surface area contributed by atoms with Crippen LogP contribution in [0, 0.1) is 17.6 Å².